The first-order chi connectivity index (χ1) is 11.5. The van der Waals surface area contributed by atoms with Gasteiger partial charge in [0.15, 0.2) is 11.2 Å². The lowest BCUT2D eigenvalue weighted by Gasteiger charge is -2.31. The second kappa shape index (κ2) is 6.89. The number of ketones is 1. The summed E-state index contributed by atoms with van der Waals surface area (Å²) >= 11 is 0. The van der Waals surface area contributed by atoms with Crippen molar-refractivity contribution < 1.29 is 4.79 Å². The predicted octanol–water partition coefficient (Wildman–Crippen LogP) is 3.80. The molecule has 2 aromatic rings. The Hall–Kier alpha value is -1.94. The Kier molecular flexibility index (Phi) is 4.86. The first-order valence-electron chi connectivity index (χ1n) is 8.84. The van der Waals surface area contributed by atoms with Crippen LogP contribution in [-0.4, -0.2) is 28.8 Å². The van der Waals surface area contributed by atoms with Crippen LogP contribution in [0.2, 0.25) is 0 Å². The van der Waals surface area contributed by atoms with E-state index in [-0.39, 0.29) is 11.2 Å². The summed E-state index contributed by atoms with van der Waals surface area (Å²) in [7, 11) is 2.12. The van der Waals surface area contributed by atoms with Gasteiger partial charge in [-0.15, -0.1) is 0 Å². The summed E-state index contributed by atoms with van der Waals surface area (Å²) in [6.45, 7) is 4.15. The number of nitrogens with zero attached hydrogens (tertiary/aromatic N) is 1. The van der Waals surface area contributed by atoms with Crippen molar-refractivity contribution in [3.8, 4) is 0 Å². The Labute approximate surface area is 142 Å². The van der Waals surface area contributed by atoms with Gasteiger partial charge in [0, 0.05) is 40.3 Å². The first kappa shape index (κ1) is 16.9. The van der Waals surface area contributed by atoms with E-state index in [0.29, 0.717) is 23.5 Å². The average Bonchev–Trinajstić information content (AvgIpc) is 2.58. The summed E-state index contributed by atoms with van der Waals surface area (Å²) < 4.78 is 0. The molecule has 1 N–H and O–H groups in total. The molecule has 0 bridgehead atoms. The molecule has 0 radical (unpaired) electrons. The molecule has 1 aliphatic rings. The summed E-state index contributed by atoms with van der Waals surface area (Å²) in [5.41, 5.74) is 3.17. The number of hydrogen-bond acceptors (Lipinski definition) is 3. The molecular formula is C20H26N2O2. The number of hydrogen-bond donors (Lipinski definition) is 1. The molecule has 1 aliphatic carbocycles. The number of carbonyl (C=O) groups is 1. The third kappa shape index (κ3) is 3.29. The Bertz CT molecular complexity index is 816. The van der Waals surface area contributed by atoms with Gasteiger partial charge in [0.25, 0.3) is 0 Å². The number of carbonyl (C=O) groups excluding carboxylic acids is 1. The van der Waals surface area contributed by atoms with Crippen molar-refractivity contribution in [1.82, 2.24) is 9.88 Å². The monoisotopic (exact) mass is 326 g/mol. The van der Waals surface area contributed by atoms with Gasteiger partial charge in [-0.1, -0.05) is 19.3 Å². The maximum Gasteiger partial charge on any atom is 0.194 e. The zero-order valence-electron chi connectivity index (χ0n) is 14.8. The van der Waals surface area contributed by atoms with E-state index in [4.69, 9.17) is 0 Å². The maximum atomic E-state index is 13.0. The quantitative estimate of drug-likeness (QED) is 0.869. The van der Waals surface area contributed by atoms with Gasteiger partial charge in [0.05, 0.1) is 0 Å². The van der Waals surface area contributed by atoms with Crippen LogP contribution >= 0.6 is 0 Å². The van der Waals surface area contributed by atoms with Gasteiger partial charge >= 0.3 is 0 Å². The fraction of sp³-hybridized carbons (Fsp3) is 0.500. The number of nitrogens with one attached hydrogen (secondary N) is 1. The molecule has 4 nitrogen and oxygen atoms in total. The SMILES string of the molecule is CC(=O)c1ccc2[nH]c(C)c(CN(C)C3CCCCC3)c(=O)c2c1. The van der Waals surface area contributed by atoms with Crippen molar-refractivity contribution in [2.75, 3.05) is 7.05 Å². The van der Waals surface area contributed by atoms with Gasteiger partial charge in [-0.2, -0.15) is 0 Å². The van der Waals surface area contributed by atoms with E-state index in [1.54, 1.807) is 12.1 Å². The Morgan fingerprint density at radius 3 is 2.62 bits per heavy atom. The highest BCUT2D eigenvalue weighted by Crippen LogP contribution is 2.23. The van der Waals surface area contributed by atoms with Crippen molar-refractivity contribution in [2.45, 2.75) is 58.5 Å². The van der Waals surface area contributed by atoms with E-state index in [1.165, 1.54) is 39.0 Å². The lowest BCUT2D eigenvalue weighted by molar-refractivity contribution is 0.101. The zero-order valence-corrected chi connectivity index (χ0v) is 14.8. The molecule has 1 aromatic heterocycles. The third-order valence-corrected chi connectivity index (χ3v) is 5.33. The molecule has 1 heterocycles. The van der Waals surface area contributed by atoms with Crippen molar-refractivity contribution in [1.29, 1.82) is 0 Å². The molecule has 3 rings (SSSR count). The summed E-state index contributed by atoms with van der Waals surface area (Å²) in [6, 6.07) is 5.89. The topological polar surface area (TPSA) is 53.2 Å². The number of H-pyrrole nitrogens is 1. The molecule has 0 amide bonds. The largest absolute Gasteiger partial charge is 0.358 e. The minimum atomic E-state index is -0.0160. The van der Waals surface area contributed by atoms with Crippen molar-refractivity contribution >= 4 is 16.7 Å². The fourth-order valence-electron chi connectivity index (χ4n) is 3.76. The summed E-state index contributed by atoms with van der Waals surface area (Å²) in [6.07, 6.45) is 6.33. The highest BCUT2D eigenvalue weighted by Gasteiger charge is 2.20. The molecule has 4 heteroatoms. The van der Waals surface area contributed by atoms with Gasteiger partial charge in [-0.05, 0) is 51.9 Å². The number of aromatic nitrogens is 1. The number of rotatable bonds is 4. The van der Waals surface area contributed by atoms with Gasteiger partial charge in [0.2, 0.25) is 0 Å². The maximum absolute atomic E-state index is 13.0. The Morgan fingerprint density at radius 2 is 1.96 bits per heavy atom. The molecule has 1 fully saturated rings. The first-order valence-corrected chi connectivity index (χ1v) is 8.84. The summed E-state index contributed by atoms with van der Waals surface area (Å²) in [4.78, 5) is 30.3. The Balaban J connectivity index is 1.97. The van der Waals surface area contributed by atoms with Crippen LogP contribution in [0.1, 0.15) is 60.6 Å². The van der Waals surface area contributed by atoms with Gasteiger partial charge < -0.3 is 4.98 Å². The van der Waals surface area contributed by atoms with E-state index >= 15 is 0 Å². The van der Waals surface area contributed by atoms with Gasteiger partial charge in [-0.25, -0.2) is 0 Å². The van der Waals surface area contributed by atoms with Crippen LogP contribution in [0.3, 0.4) is 0 Å². The van der Waals surface area contributed by atoms with Crippen LogP contribution in [0.15, 0.2) is 23.0 Å². The highest BCUT2D eigenvalue weighted by molar-refractivity contribution is 5.97. The van der Waals surface area contributed by atoms with Crippen LogP contribution in [0.5, 0.6) is 0 Å². The van der Waals surface area contributed by atoms with E-state index in [9.17, 15) is 9.59 Å². The standard InChI is InChI=1S/C20H26N2O2/c1-13-18(12-22(3)16-7-5-4-6-8-16)20(24)17-11-15(14(2)23)9-10-19(17)21-13/h9-11,16H,4-8,12H2,1-3H3,(H,21,24). The molecule has 0 spiro atoms. The molecule has 1 aromatic carbocycles. The number of aryl methyl sites for hydroxylation is 1. The van der Waals surface area contributed by atoms with Crippen LogP contribution in [-0.2, 0) is 6.54 Å². The summed E-state index contributed by atoms with van der Waals surface area (Å²) in [5, 5.41) is 0.611. The number of aromatic amines is 1. The van der Waals surface area contributed by atoms with Crippen LogP contribution < -0.4 is 5.43 Å². The molecule has 0 atom stereocenters. The molecule has 1 saturated carbocycles. The molecular weight excluding hydrogens is 300 g/mol. The lowest BCUT2D eigenvalue weighted by atomic mass is 9.94. The van der Waals surface area contributed by atoms with E-state index in [0.717, 1.165) is 16.8 Å². The molecule has 24 heavy (non-hydrogen) atoms. The second-order valence-electron chi connectivity index (χ2n) is 7.08. The van der Waals surface area contributed by atoms with Crippen molar-refractivity contribution in [2.24, 2.45) is 0 Å². The van der Waals surface area contributed by atoms with Gasteiger partial charge in [0.1, 0.15) is 0 Å². The summed E-state index contributed by atoms with van der Waals surface area (Å²) in [5.74, 6) is -0.0160. The fourth-order valence-corrected chi connectivity index (χ4v) is 3.76. The molecule has 0 aliphatic heterocycles. The molecule has 0 saturated heterocycles. The van der Waals surface area contributed by atoms with Crippen LogP contribution in [0, 0.1) is 6.92 Å². The highest BCUT2D eigenvalue weighted by atomic mass is 16.1. The van der Waals surface area contributed by atoms with Crippen molar-refractivity contribution in [3.63, 3.8) is 0 Å². The van der Waals surface area contributed by atoms with Crippen LogP contribution in [0.25, 0.3) is 10.9 Å². The van der Waals surface area contributed by atoms with Gasteiger partial charge in [-0.3, -0.25) is 14.5 Å². The van der Waals surface area contributed by atoms with E-state index in [1.807, 2.05) is 13.0 Å². The molecule has 128 valence electrons. The number of fused-ring (bicyclic) bond motifs is 1. The lowest BCUT2D eigenvalue weighted by Crippen LogP contribution is -2.34. The normalized spacial score (nSPS) is 16.0. The average molecular weight is 326 g/mol. The molecule has 0 unspecified atom stereocenters. The smallest absolute Gasteiger partial charge is 0.194 e. The second-order valence-corrected chi connectivity index (χ2v) is 7.08. The third-order valence-electron chi connectivity index (χ3n) is 5.33. The number of benzene rings is 1. The van der Waals surface area contributed by atoms with E-state index < -0.39 is 0 Å². The van der Waals surface area contributed by atoms with Crippen molar-refractivity contribution in [3.05, 3.63) is 45.2 Å². The minimum absolute atomic E-state index is 0.0160. The number of Topliss-reactive ketones (excluding diaryl/α,β-unsaturated/α-hetero) is 1. The number of pyridine rings is 1. The minimum Gasteiger partial charge on any atom is -0.358 e. The zero-order chi connectivity index (χ0) is 17.3. The predicted molar refractivity (Wildman–Crippen MR) is 97.7 cm³/mol. The Morgan fingerprint density at radius 1 is 1.25 bits per heavy atom. The van der Waals surface area contributed by atoms with E-state index in [2.05, 4.69) is 16.9 Å². The van der Waals surface area contributed by atoms with Crippen LogP contribution in [0.4, 0.5) is 0 Å².